The van der Waals surface area contributed by atoms with Crippen molar-refractivity contribution in [2.75, 3.05) is 11.4 Å². The van der Waals surface area contributed by atoms with Crippen molar-refractivity contribution in [1.82, 2.24) is 10.1 Å². The number of amides is 1. The van der Waals surface area contributed by atoms with E-state index in [-0.39, 0.29) is 23.1 Å². The van der Waals surface area contributed by atoms with Gasteiger partial charge in [0, 0.05) is 30.1 Å². The first-order valence-corrected chi connectivity index (χ1v) is 9.73. The second-order valence-electron chi connectivity index (χ2n) is 8.62. The molecule has 1 saturated heterocycles. The lowest BCUT2D eigenvalue weighted by atomic mass is 9.87. The number of carbonyl (C=O) groups is 1. The highest BCUT2D eigenvalue weighted by Crippen LogP contribution is 2.33. The van der Waals surface area contributed by atoms with Crippen molar-refractivity contribution < 1.29 is 13.7 Å². The maximum absolute atomic E-state index is 13.4. The average molecular weight is 393 g/mol. The molecule has 1 aliphatic heterocycles. The number of aryl methyl sites for hydroxylation is 1. The van der Waals surface area contributed by atoms with Crippen molar-refractivity contribution in [3.63, 3.8) is 0 Å². The van der Waals surface area contributed by atoms with Gasteiger partial charge in [-0.15, -0.1) is 0 Å². The van der Waals surface area contributed by atoms with Crippen LogP contribution in [0.15, 0.2) is 47.0 Å². The second kappa shape index (κ2) is 7.10. The van der Waals surface area contributed by atoms with Crippen molar-refractivity contribution in [3.8, 4) is 11.5 Å². The van der Waals surface area contributed by atoms with Crippen LogP contribution >= 0.6 is 0 Å². The van der Waals surface area contributed by atoms with Crippen LogP contribution in [0.2, 0.25) is 0 Å². The number of aromatic nitrogens is 2. The molecule has 0 N–H and O–H groups in total. The summed E-state index contributed by atoms with van der Waals surface area (Å²) in [5.41, 5.74) is 3.61. The van der Waals surface area contributed by atoms with E-state index in [1.165, 1.54) is 17.7 Å². The van der Waals surface area contributed by atoms with Crippen LogP contribution < -0.4 is 4.90 Å². The summed E-state index contributed by atoms with van der Waals surface area (Å²) in [4.78, 5) is 18.8. The monoisotopic (exact) mass is 393 g/mol. The predicted octanol–water partition coefficient (Wildman–Crippen LogP) is 5.00. The lowest BCUT2D eigenvalue weighted by Crippen LogP contribution is -2.25. The molecule has 0 spiro atoms. The molecule has 0 saturated carbocycles. The Balaban J connectivity index is 1.53. The molecule has 3 aromatic rings. The average Bonchev–Trinajstić information content (AvgIpc) is 3.28. The highest BCUT2D eigenvalue weighted by molar-refractivity contribution is 5.97. The molecule has 0 bridgehead atoms. The van der Waals surface area contributed by atoms with Crippen LogP contribution in [0.5, 0.6) is 0 Å². The second-order valence-corrected chi connectivity index (χ2v) is 8.62. The Bertz CT molecular complexity index is 1050. The molecular formula is C23H24FN3O2. The molecule has 6 heteroatoms. The van der Waals surface area contributed by atoms with Crippen LogP contribution in [-0.2, 0) is 10.2 Å². The molecule has 2 aromatic carbocycles. The van der Waals surface area contributed by atoms with Crippen molar-refractivity contribution in [2.24, 2.45) is 0 Å². The molecule has 1 aliphatic rings. The summed E-state index contributed by atoms with van der Waals surface area (Å²) in [6.07, 6.45) is 0.304. The van der Waals surface area contributed by atoms with Gasteiger partial charge in [0.05, 0.1) is 0 Å². The Morgan fingerprint density at radius 3 is 2.52 bits per heavy atom. The number of benzene rings is 2. The zero-order valence-corrected chi connectivity index (χ0v) is 17.1. The summed E-state index contributed by atoms with van der Waals surface area (Å²) in [6.45, 7) is 8.75. The molecular weight excluding hydrogens is 369 g/mol. The van der Waals surface area contributed by atoms with Crippen LogP contribution in [0.25, 0.3) is 11.5 Å². The Hall–Kier alpha value is -3.02. The number of hydrogen-bond donors (Lipinski definition) is 0. The molecule has 1 unspecified atom stereocenters. The fourth-order valence-electron chi connectivity index (χ4n) is 3.67. The highest BCUT2D eigenvalue weighted by atomic mass is 19.1. The van der Waals surface area contributed by atoms with Crippen LogP contribution in [0.1, 0.15) is 50.1 Å². The topological polar surface area (TPSA) is 59.2 Å². The van der Waals surface area contributed by atoms with Crippen molar-refractivity contribution >= 4 is 11.6 Å². The van der Waals surface area contributed by atoms with Crippen LogP contribution in [0.3, 0.4) is 0 Å². The minimum atomic E-state index is -0.310. The van der Waals surface area contributed by atoms with Gasteiger partial charge in [-0.3, -0.25) is 4.79 Å². The Morgan fingerprint density at radius 2 is 1.86 bits per heavy atom. The number of hydrogen-bond acceptors (Lipinski definition) is 4. The molecule has 2 heterocycles. The standard InChI is InChI=1S/C23H24FN3O2/c1-14-11-18(24)9-10-19(14)27-13-16(12-20(27)28)21-25-22(29-26-21)15-5-7-17(8-6-15)23(2,3)4/h5-11,16H,12-13H2,1-4H3. The summed E-state index contributed by atoms with van der Waals surface area (Å²) in [5.74, 6) is 0.485. The zero-order chi connectivity index (χ0) is 20.8. The maximum Gasteiger partial charge on any atom is 0.257 e. The van der Waals surface area contributed by atoms with Gasteiger partial charge in [-0.25, -0.2) is 4.39 Å². The summed E-state index contributed by atoms with van der Waals surface area (Å²) >= 11 is 0. The quantitative estimate of drug-likeness (QED) is 0.628. The predicted molar refractivity (Wildman–Crippen MR) is 109 cm³/mol. The Labute approximate surface area is 169 Å². The van der Waals surface area contributed by atoms with Gasteiger partial charge in [-0.05, 0) is 53.8 Å². The van der Waals surface area contributed by atoms with Crippen molar-refractivity contribution in [2.45, 2.75) is 45.4 Å². The molecule has 1 fully saturated rings. The number of halogens is 1. The Kier molecular flexibility index (Phi) is 4.73. The van der Waals surface area contributed by atoms with E-state index in [2.05, 4.69) is 43.0 Å². The van der Waals surface area contributed by atoms with Crippen molar-refractivity contribution in [1.29, 1.82) is 0 Å². The molecule has 0 radical (unpaired) electrons. The normalized spacial score (nSPS) is 17.2. The first kappa shape index (κ1) is 19.3. The highest BCUT2D eigenvalue weighted by Gasteiger charge is 2.35. The third-order valence-electron chi connectivity index (χ3n) is 5.38. The van der Waals surface area contributed by atoms with Gasteiger partial charge >= 0.3 is 0 Å². The van der Waals surface area contributed by atoms with Gasteiger partial charge in [0.2, 0.25) is 5.91 Å². The van der Waals surface area contributed by atoms with E-state index in [4.69, 9.17) is 4.52 Å². The summed E-state index contributed by atoms with van der Waals surface area (Å²) in [7, 11) is 0. The SMILES string of the molecule is Cc1cc(F)ccc1N1CC(c2noc(-c3ccc(C(C)(C)C)cc3)n2)CC1=O. The van der Waals surface area contributed by atoms with Gasteiger partial charge in [-0.2, -0.15) is 4.98 Å². The zero-order valence-electron chi connectivity index (χ0n) is 17.1. The third kappa shape index (κ3) is 3.79. The lowest BCUT2D eigenvalue weighted by Gasteiger charge is -2.18. The number of carbonyl (C=O) groups excluding carboxylic acids is 1. The molecule has 1 atom stereocenters. The van der Waals surface area contributed by atoms with Crippen LogP contribution in [-0.4, -0.2) is 22.6 Å². The molecule has 29 heavy (non-hydrogen) atoms. The van der Waals surface area contributed by atoms with E-state index in [0.717, 1.165) is 16.8 Å². The summed E-state index contributed by atoms with van der Waals surface area (Å²) in [5, 5.41) is 4.12. The smallest absolute Gasteiger partial charge is 0.257 e. The van der Waals surface area contributed by atoms with Crippen LogP contribution in [0.4, 0.5) is 10.1 Å². The minimum absolute atomic E-state index is 0.0226. The fourth-order valence-corrected chi connectivity index (χ4v) is 3.67. The van der Waals surface area contributed by atoms with Gasteiger partial charge in [0.15, 0.2) is 5.82 Å². The van der Waals surface area contributed by atoms with Gasteiger partial charge in [-0.1, -0.05) is 38.1 Å². The molecule has 0 aliphatic carbocycles. The van der Waals surface area contributed by atoms with Gasteiger partial charge in [0.25, 0.3) is 5.89 Å². The molecule has 4 rings (SSSR count). The fraction of sp³-hybridized carbons (Fsp3) is 0.348. The summed E-state index contributed by atoms with van der Waals surface area (Å²) < 4.78 is 18.9. The molecule has 150 valence electrons. The first-order chi connectivity index (χ1) is 13.7. The number of rotatable bonds is 3. The first-order valence-electron chi connectivity index (χ1n) is 9.73. The number of anilines is 1. The van der Waals surface area contributed by atoms with E-state index < -0.39 is 0 Å². The van der Waals surface area contributed by atoms with E-state index in [1.54, 1.807) is 17.9 Å². The molecule has 1 aromatic heterocycles. The largest absolute Gasteiger partial charge is 0.334 e. The van der Waals surface area contributed by atoms with E-state index >= 15 is 0 Å². The van der Waals surface area contributed by atoms with E-state index in [9.17, 15) is 9.18 Å². The van der Waals surface area contributed by atoms with Gasteiger partial charge in [0.1, 0.15) is 5.82 Å². The van der Waals surface area contributed by atoms with Crippen LogP contribution in [0, 0.1) is 12.7 Å². The molecule has 5 nitrogen and oxygen atoms in total. The van der Waals surface area contributed by atoms with Crippen molar-refractivity contribution in [3.05, 3.63) is 65.2 Å². The Morgan fingerprint density at radius 1 is 1.14 bits per heavy atom. The summed E-state index contributed by atoms with van der Waals surface area (Å²) in [6, 6.07) is 12.5. The van der Waals surface area contributed by atoms with E-state index in [1.807, 2.05) is 12.1 Å². The van der Waals surface area contributed by atoms with Gasteiger partial charge < -0.3 is 9.42 Å². The minimum Gasteiger partial charge on any atom is -0.334 e. The van der Waals surface area contributed by atoms with E-state index in [0.29, 0.717) is 24.7 Å². The molecule has 1 amide bonds. The number of nitrogens with zero attached hydrogens (tertiary/aromatic N) is 3. The maximum atomic E-state index is 13.4. The lowest BCUT2D eigenvalue weighted by molar-refractivity contribution is -0.117. The third-order valence-corrected chi connectivity index (χ3v) is 5.38.